The fourth-order valence-electron chi connectivity index (χ4n) is 2.27. The zero-order valence-corrected chi connectivity index (χ0v) is 12.7. The lowest BCUT2D eigenvalue weighted by Crippen LogP contribution is -2.04. The van der Waals surface area contributed by atoms with Crippen molar-refractivity contribution in [1.29, 1.82) is 0 Å². The van der Waals surface area contributed by atoms with Gasteiger partial charge in [0.1, 0.15) is 18.0 Å². The minimum atomic E-state index is -3.07. The summed E-state index contributed by atoms with van der Waals surface area (Å²) < 4.78 is 38.6. The van der Waals surface area contributed by atoms with E-state index in [4.69, 9.17) is 0 Å². The smallest absolute Gasteiger partial charge is 0.273 e. The van der Waals surface area contributed by atoms with Gasteiger partial charge >= 0.3 is 0 Å². The number of alkyl halides is 3. The number of anilines is 3. The van der Waals surface area contributed by atoms with Gasteiger partial charge in [0, 0.05) is 18.1 Å². The Morgan fingerprint density at radius 1 is 1.04 bits per heavy atom. The van der Waals surface area contributed by atoms with E-state index in [2.05, 4.69) is 25.6 Å². The Morgan fingerprint density at radius 2 is 1.88 bits per heavy atom. The molecular weight excluding hydrogens is 319 g/mol. The normalized spacial score (nSPS) is 12.4. The van der Waals surface area contributed by atoms with Gasteiger partial charge in [-0.1, -0.05) is 12.1 Å². The van der Waals surface area contributed by atoms with Gasteiger partial charge in [-0.2, -0.15) is 0 Å². The van der Waals surface area contributed by atoms with Gasteiger partial charge in [-0.3, -0.25) is 0 Å². The highest BCUT2D eigenvalue weighted by atomic mass is 19.3. The van der Waals surface area contributed by atoms with Gasteiger partial charge in [0.05, 0.1) is 11.7 Å². The summed E-state index contributed by atoms with van der Waals surface area (Å²) in [6, 6.07) is 7.58. The summed E-state index contributed by atoms with van der Waals surface area (Å²) in [6.45, 7) is 0. The van der Waals surface area contributed by atoms with Crippen LogP contribution in [0.4, 0.5) is 30.5 Å². The molecule has 0 spiro atoms. The summed E-state index contributed by atoms with van der Waals surface area (Å²) in [5.74, 6) is 1.11. The Morgan fingerprint density at radius 3 is 2.62 bits per heavy atom. The molecule has 0 amide bonds. The van der Waals surface area contributed by atoms with Crippen LogP contribution in [-0.4, -0.2) is 28.4 Å². The topological polar surface area (TPSA) is 62.7 Å². The second-order valence-electron chi connectivity index (χ2n) is 5.05. The van der Waals surface area contributed by atoms with Crippen molar-refractivity contribution in [3.8, 4) is 0 Å². The molecule has 2 N–H and O–H groups in total. The number of pyridine rings is 1. The van der Waals surface area contributed by atoms with Crippen molar-refractivity contribution >= 4 is 28.2 Å². The highest BCUT2D eigenvalue weighted by Crippen LogP contribution is 2.29. The van der Waals surface area contributed by atoms with Crippen molar-refractivity contribution in [3.05, 3.63) is 48.4 Å². The first kappa shape index (κ1) is 16.0. The van der Waals surface area contributed by atoms with E-state index in [1.54, 1.807) is 25.4 Å². The molecule has 0 radical (unpaired) electrons. The van der Waals surface area contributed by atoms with E-state index in [1.165, 1.54) is 24.5 Å². The van der Waals surface area contributed by atoms with Gasteiger partial charge in [-0.05, 0) is 23.8 Å². The second-order valence-corrected chi connectivity index (χ2v) is 5.05. The average molecular weight is 333 g/mol. The van der Waals surface area contributed by atoms with E-state index in [-0.39, 0.29) is 5.56 Å². The predicted molar refractivity (Wildman–Crippen MR) is 86.5 cm³/mol. The molecule has 1 aromatic carbocycles. The predicted octanol–water partition coefficient (Wildman–Crippen LogP) is 4.09. The summed E-state index contributed by atoms with van der Waals surface area (Å²) in [6.07, 6.45) is -2.43. The molecule has 1 atom stereocenters. The lowest BCUT2D eigenvalue weighted by atomic mass is 10.1. The van der Waals surface area contributed by atoms with Crippen LogP contribution < -0.4 is 10.6 Å². The summed E-state index contributed by atoms with van der Waals surface area (Å²) in [7, 11) is 1.74. The lowest BCUT2D eigenvalue weighted by molar-refractivity contribution is 0.0496. The van der Waals surface area contributed by atoms with E-state index in [1.807, 2.05) is 0 Å². The van der Waals surface area contributed by atoms with E-state index in [0.29, 0.717) is 28.2 Å². The van der Waals surface area contributed by atoms with E-state index in [9.17, 15) is 13.2 Å². The van der Waals surface area contributed by atoms with Crippen LogP contribution in [0.15, 0.2) is 42.9 Å². The molecule has 24 heavy (non-hydrogen) atoms. The molecule has 2 aromatic heterocycles. The van der Waals surface area contributed by atoms with Crippen LogP contribution in [-0.2, 0) is 0 Å². The Balaban J connectivity index is 1.97. The number of hydrogen-bond acceptors (Lipinski definition) is 5. The van der Waals surface area contributed by atoms with Gasteiger partial charge in [0.25, 0.3) is 6.43 Å². The van der Waals surface area contributed by atoms with Gasteiger partial charge in [-0.25, -0.2) is 28.1 Å². The van der Waals surface area contributed by atoms with Crippen LogP contribution in [0, 0.1) is 0 Å². The summed E-state index contributed by atoms with van der Waals surface area (Å²) in [4.78, 5) is 12.5. The van der Waals surface area contributed by atoms with Crippen molar-refractivity contribution in [2.75, 3.05) is 17.7 Å². The van der Waals surface area contributed by atoms with Gasteiger partial charge in [0.2, 0.25) is 0 Å². The molecule has 3 rings (SSSR count). The number of nitrogens with zero attached hydrogens (tertiary/aromatic N) is 3. The third-order valence-corrected chi connectivity index (χ3v) is 3.47. The molecule has 0 aliphatic rings. The maximum absolute atomic E-state index is 13.5. The number of benzene rings is 1. The standard InChI is InChI=1S/C16H14F3N5/c1-20-13-6-11-12(7-21-13)22-8-23-16(11)24-10-4-2-3-9(5-10)14(17)15(18)19/h2-8,14-15H,1H3,(H,20,21)(H,22,23,24). The minimum absolute atomic E-state index is 0.0917. The Hall–Kier alpha value is -2.90. The van der Waals surface area contributed by atoms with E-state index >= 15 is 0 Å². The fraction of sp³-hybridized carbons (Fsp3) is 0.188. The molecular formula is C16H14F3N5. The van der Waals surface area contributed by atoms with Crippen LogP contribution in [0.3, 0.4) is 0 Å². The highest BCUT2D eigenvalue weighted by Gasteiger charge is 2.21. The van der Waals surface area contributed by atoms with Crippen molar-refractivity contribution in [2.24, 2.45) is 0 Å². The van der Waals surface area contributed by atoms with Crippen molar-refractivity contribution in [1.82, 2.24) is 15.0 Å². The maximum atomic E-state index is 13.5. The molecule has 0 aliphatic heterocycles. The Kier molecular flexibility index (Phi) is 4.45. The van der Waals surface area contributed by atoms with Crippen LogP contribution in [0.5, 0.6) is 0 Å². The highest BCUT2D eigenvalue weighted by molar-refractivity contribution is 5.91. The van der Waals surface area contributed by atoms with Crippen LogP contribution in [0.2, 0.25) is 0 Å². The number of aromatic nitrogens is 3. The van der Waals surface area contributed by atoms with Gasteiger partial charge < -0.3 is 10.6 Å². The number of nitrogens with one attached hydrogen (secondary N) is 2. The largest absolute Gasteiger partial charge is 0.373 e. The fourth-order valence-corrected chi connectivity index (χ4v) is 2.27. The Labute approximate surface area is 136 Å². The zero-order chi connectivity index (χ0) is 17.1. The lowest BCUT2D eigenvalue weighted by Gasteiger charge is -2.12. The number of halogens is 3. The third kappa shape index (κ3) is 3.22. The first-order chi connectivity index (χ1) is 11.6. The van der Waals surface area contributed by atoms with Gasteiger partial charge in [0.15, 0.2) is 6.17 Å². The number of rotatable bonds is 5. The molecule has 0 saturated carbocycles. The average Bonchev–Trinajstić information content (AvgIpc) is 2.61. The summed E-state index contributed by atoms with van der Waals surface area (Å²) in [5.41, 5.74) is 0.989. The molecule has 0 aliphatic carbocycles. The monoisotopic (exact) mass is 333 g/mol. The molecule has 3 aromatic rings. The van der Waals surface area contributed by atoms with Crippen molar-refractivity contribution < 1.29 is 13.2 Å². The van der Waals surface area contributed by atoms with Crippen LogP contribution in [0.25, 0.3) is 10.9 Å². The summed E-state index contributed by atoms with van der Waals surface area (Å²) in [5, 5.41) is 6.64. The molecule has 0 saturated heterocycles. The minimum Gasteiger partial charge on any atom is -0.373 e. The second kappa shape index (κ2) is 6.69. The van der Waals surface area contributed by atoms with E-state index < -0.39 is 12.6 Å². The van der Waals surface area contributed by atoms with Gasteiger partial charge in [-0.15, -0.1) is 0 Å². The first-order valence-electron chi connectivity index (χ1n) is 7.16. The molecule has 8 heteroatoms. The number of fused-ring (bicyclic) bond motifs is 1. The Bertz CT molecular complexity index is 856. The third-order valence-electron chi connectivity index (χ3n) is 3.47. The zero-order valence-electron chi connectivity index (χ0n) is 12.7. The molecule has 0 bridgehead atoms. The quantitative estimate of drug-likeness (QED) is 0.736. The number of hydrogen-bond donors (Lipinski definition) is 2. The molecule has 2 heterocycles. The molecule has 0 fully saturated rings. The van der Waals surface area contributed by atoms with Crippen LogP contribution in [0.1, 0.15) is 11.7 Å². The summed E-state index contributed by atoms with van der Waals surface area (Å²) >= 11 is 0. The van der Waals surface area contributed by atoms with Crippen LogP contribution >= 0.6 is 0 Å². The maximum Gasteiger partial charge on any atom is 0.273 e. The SMILES string of the molecule is CNc1cc2c(Nc3cccc(C(F)C(F)F)c3)ncnc2cn1. The molecule has 124 valence electrons. The molecule has 1 unspecified atom stereocenters. The van der Waals surface area contributed by atoms with Crippen molar-refractivity contribution in [2.45, 2.75) is 12.6 Å². The van der Waals surface area contributed by atoms with E-state index in [0.717, 1.165) is 0 Å². The van der Waals surface area contributed by atoms with Crippen molar-refractivity contribution in [3.63, 3.8) is 0 Å². The molecule has 5 nitrogen and oxygen atoms in total. The first-order valence-corrected chi connectivity index (χ1v) is 7.16.